The Morgan fingerprint density at radius 3 is 1.50 bits per heavy atom. The molecular weight excluding hydrogens is 785 g/mol. The molecule has 0 aliphatic carbocycles. The molecule has 64 heavy (non-hydrogen) atoms. The fourth-order valence-corrected chi connectivity index (χ4v) is 9.34. The second kappa shape index (κ2) is 13.3. The maximum absolute atomic E-state index is 9.48. The van der Waals surface area contributed by atoms with Gasteiger partial charge in [0.25, 0.3) is 0 Å². The maximum atomic E-state index is 9.48. The molecule has 5 aromatic heterocycles. The zero-order chi connectivity index (χ0) is 54.9. The number of furan rings is 1. The standard InChI is InChI=1S/C57H34N6O/c1-8-26-44-35(17-1)36-18-2-9-27-45(36)61(44)50-32-15-24-42(41-25-16-34-52-53(41)43-23-7-14-33-51(43)64-52)54(50)55-58-56(62-46-28-10-3-19-37(46)38-20-4-11-29-47(38)62)60-57(59-55)63-48-30-12-5-21-39(48)40-22-6-13-31-49(40)63/h1-34H/i3D,4D,5D,6D,10D,11D,12D,13D,19D,20D,21D,22D,28D,29D,30D. The van der Waals surface area contributed by atoms with Crippen molar-refractivity contribution in [3.05, 3.63) is 206 Å². The van der Waals surface area contributed by atoms with E-state index in [4.69, 9.17) is 30.3 Å². The van der Waals surface area contributed by atoms with Crippen molar-refractivity contribution in [1.29, 1.82) is 0 Å². The average Bonchev–Trinajstić information content (AvgIpc) is 4.29. The Labute approximate surface area is 386 Å². The molecule has 0 saturated heterocycles. The highest BCUT2D eigenvalue weighted by Gasteiger charge is 2.26. The largest absolute Gasteiger partial charge is 0.456 e. The molecule has 0 amide bonds. The van der Waals surface area contributed by atoms with Gasteiger partial charge in [-0.05, 0) is 65.7 Å². The van der Waals surface area contributed by atoms with E-state index in [9.17, 15) is 9.60 Å². The molecule has 9 aromatic carbocycles. The SMILES string of the molecule is [2H]c1cc2c(c([2H])c1[2H])c1c([2H])c([2H])c([2H])c([2H])c1n2-c1nc(-c2c(-c3cccc4oc5ccccc5c34)cccc2-n2c3ccccc3c3ccccc32)nc(-n2c3c([2H])c([2H])c([2H])c([2H])c3c3c([2H])c([2H])c([2H])c([2H])c32)n1. The predicted molar refractivity (Wildman–Crippen MR) is 261 cm³/mol. The van der Waals surface area contributed by atoms with Gasteiger partial charge in [-0.15, -0.1) is 0 Å². The first kappa shape index (κ1) is 23.4. The third kappa shape index (κ3) is 4.89. The van der Waals surface area contributed by atoms with Gasteiger partial charge < -0.3 is 8.98 Å². The molecule has 14 rings (SSSR count). The topological polar surface area (TPSA) is 66.6 Å². The highest BCUT2D eigenvalue weighted by Crippen LogP contribution is 2.45. The summed E-state index contributed by atoms with van der Waals surface area (Å²) in [4.78, 5) is 15.6. The normalized spacial score (nSPS) is 15.3. The minimum absolute atomic E-state index is 0.0623. The number of aromatic nitrogens is 6. The number of fused-ring (bicyclic) bond motifs is 12. The van der Waals surface area contributed by atoms with Crippen molar-refractivity contribution in [3.8, 4) is 40.1 Å². The fourth-order valence-electron chi connectivity index (χ4n) is 9.34. The van der Waals surface area contributed by atoms with Gasteiger partial charge in [-0.2, -0.15) is 15.0 Å². The minimum atomic E-state index is -0.693. The van der Waals surface area contributed by atoms with Crippen LogP contribution >= 0.6 is 0 Å². The maximum Gasteiger partial charge on any atom is 0.240 e. The zero-order valence-corrected chi connectivity index (χ0v) is 33.1. The van der Waals surface area contributed by atoms with Crippen molar-refractivity contribution in [3.63, 3.8) is 0 Å². The first-order chi connectivity index (χ1) is 38.0. The molecule has 0 fully saturated rings. The molecule has 298 valence electrons. The van der Waals surface area contributed by atoms with Crippen LogP contribution in [0.15, 0.2) is 210 Å². The molecular formula is C57H34N6O. The summed E-state index contributed by atoms with van der Waals surface area (Å²) in [6.45, 7) is 0. The average molecular weight is 834 g/mol. The van der Waals surface area contributed by atoms with Crippen molar-refractivity contribution < 1.29 is 25.0 Å². The highest BCUT2D eigenvalue weighted by atomic mass is 16.3. The van der Waals surface area contributed by atoms with Crippen molar-refractivity contribution in [1.82, 2.24) is 28.7 Å². The van der Waals surface area contributed by atoms with Gasteiger partial charge >= 0.3 is 0 Å². The van der Waals surface area contributed by atoms with E-state index >= 15 is 0 Å². The van der Waals surface area contributed by atoms with Crippen LogP contribution in [0, 0.1) is 0 Å². The molecule has 7 heteroatoms. The van der Waals surface area contributed by atoms with E-state index in [0.29, 0.717) is 33.5 Å². The Morgan fingerprint density at radius 1 is 0.359 bits per heavy atom. The lowest BCUT2D eigenvalue weighted by molar-refractivity contribution is 0.669. The van der Waals surface area contributed by atoms with Crippen molar-refractivity contribution in [2.75, 3.05) is 0 Å². The van der Waals surface area contributed by atoms with Crippen LogP contribution in [0.2, 0.25) is 0 Å². The molecule has 5 heterocycles. The second-order valence-electron chi connectivity index (χ2n) is 15.2. The van der Waals surface area contributed by atoms with Gasteiger partial charge in [0.05, 0.1) is 64.9 Å². The number of hydrogen-bond acceptors (Lipinski definition) is 4. The molecule has 0 bridgehead atoms. The van der Waals surface area contributed by atoms with E-state index in [0.717, 1.165) is 37.1 Å². The van der Waals surface area contributed by atoms with Crippen molar-refractivity contribution in [2.45, 2.75) is 0 Å². The van der Waals surface area contributed by atoms with Crippen LogP contribution < -0.4 is 0 Å². The summed E-state index contributed by atoms with van der Waals surface area (Å²) in [7, 11) is 0. The van der Waals surface area contributed by atoms with Gasteiger partial charge in [-0.3, -0.25) is 9.13 Å². The van der Waals surface area contributed by atoms with Gasteiger partial charge in [0, 0.05) is 43.1 Å². The van der Waals surface area contributed by atoms with Gasteiger partial charge in [0.2, 0.25) is 11.9 Å². The van der Waals surface area contributed by atoms with Crippen LogP contribution in [-0.4, -0.2) is 28.7 Å². The fraction of sp³-hybridized carbons (Fsp3) is 0. The first-order valence-corrected chi connectivity index (χ1v) is 20.3. The van der Waals surface area contributed by atoms with Crippen LogP contribution in [0.4, 0.5) is 0 Å². The zero-order valence-electron chi connectivity index (χ0n) is 48.1. The monoisotopic (exact) mass is 833 g/mol. The summed E-state index contributed by atoms with van der Waals surface area (Å²) in [5.74, 6) is -0.984. The molecule has 0 aliphatic rings. The Morgan fingerprint density at radius 2 is 0.844 bits per heavy atom. The number of benzene rings is 9. The summed E-state index contributed by atoms with van der Waals surface area (Å²) in [6.07, 6.45) is 0. The third-order valence-corrected chi connectivity index (χ3v) is 11.9. The van der Waals surface area contributed by atoms with E-state index in [-0.39, 0.29) is 49.4 Å². The van der Waals surface area contributed by atoms with E-state index in [1.165, 1.54) is 10.6 Å². The minimum Gasteiger partial charge on any atom is -0.456 e. The molecule has 0 saturated carbocycles. The van der Waals surface area contributed by atoms with Crippen LogP contribution in [0.5, 0.6) is 0 Å². The number of para-hydroxylation sites is 7. The summed E-state index contributed by atoms with van der Waals surface area (Å²) in [6, 6.07) is 26.7. The van der Waals surface area contributed by atoms with Crippen LogP contribution in [-0.2, 0) is 0 Å². The molecule has 0 N–H and O–H groups in total. The summed E-state index contributed by atoms with van der Waals surface area (Å²) < 4.78 is 147. The highest BCUT2D eigenvalue weighted by molar-refractivity contribution is 6.15. The van der Waals surface area contributed by atoms with Gasteiger partial charge in [0.15, 0.2) is 5.82 Å². The lowest BCUT2D eigenvalue weighted by Crippen LogP contribution is -2.11. The number of rotatable bonds is 5. The van der Waals surface area contributed by atoms with Crippen LogP contribution in [0.25, 0.3) is 127 Å². The molecule has 0 atom stereocenters. The first-order valence-electron chi connectivity index (χ1n) is 27.8. The molecule has 0 aliphatic heterocycles. The van der Waals surface area contributed by atoms with Crippen molar-refractivity contribution >= 4 is 87.4 Å². The molecule has 0 spiro atoms. The lowest BCUT2D eigenvalue weighted by Gasteiger charge is -2.19. The smallest absolute Gasteiger partial charge is 0.240 e. The Bertz CT molecular complexity index is 4990. The Hall–Kier alpha value is -8.81. The van der Waals surface area contributed by atoms with E-state index in [1.54, 1.807) is 0 Å². The molecule has 14 aromatic rings. The predicted octanol–water partition coefficient (Wildman–Crippen LogP) is 14.4. The van der Waals surface area contributed by atoms with Crippen LogP contribution in [0.3, 0.4) is 0 Å². The number of nitrogens with zero attached hydrogens (tertiary/aromatic N) is 6. The molecule has 0 radical (unpaired) electrons. The van der Waals surface area contributed by atoms with Gasteiger partial charge in [-0.25, -0.2) is 0 Å². The van der Waals surface area contributed by atoms with E-state index in [1.807, 2.05) is 109 Å². The quantitative estimate of drug-likeness (QED) is 0.173. The third-order valence-electron chi connectivity index (χ3n) is 11.9. The number of hydrogen-bond donors (Lipinski definition) is 0. The summed E-state index contributed by atoms with van der Waals surface area (Å²) in [5, 5.41) is 2.54. The Kier molecular flexibility index (Phi) is 4.88. The Balaban J connectivity index is 1.25. The summed E-state index contributed by atoms with van der Waals surface area (Å²) in [5.41, 5.74) is 3.86. The van der Waals surface area contributed by atoms with Gasteiger partial charge in [0.1, 0.15) is 11.2 Å². The molecule has 7 nitrogen and oxygen atoms in total. The van der Waals surface area contributed by atoms with Crippen molar-refractivity contribution in [2.24, 2.45) is 0 Å². The van der Waals surface area contributed by atoms with Gasteiger partial charge in [-0.1, -0.05) is 151 Å². The lowest BCUT2D eigenvalue weighted by atomic mass is 9.93. The van der Waals surface area contributed by atoms with Crippen LogP contribution in [0.1, 0.15) is 20.6 Å². The van der Waals surface area contributed by atoms with E-state index in [2.05, 4.69) is 4.57 Å². The van der Waals surface area contributed by atoms with E-state index < -0.39 is 103 Å². The second-order valence-corrected chi connectivity index (χ2v) is 15.2. The summed E-state index contributed by atoms with van der Waals surface area (Å²) >= 11 is 0. The molecule has 0 unspecified atom stereocenters.